The first-order valence-corrected chi connectivity index (χ1v) is 18.4. The van der Waals surface area contributed by atoms with Crippen molar-refractivity contribution in [2.24, 2.45) is 4.99 Å². The number of hydrogen-bond acceptors (Lipinski definition) is 10. The number of aliphatic imine (C=N–C) groups is 1. The monoisotopic (exact) mass is 767 g/mol. The molecule has 280 valence electrons. The molecule has 3 atom stereocenters. The van der Waals surface area contributed by atoms with Gasteiger partial charge in [0, 0.05) is 61.1 Å². The predicted molar refractivity (Wildman–Crippen MR) is 212 cm³/mol. The molecule has 13 nitrogen and oxygen atoms in total. The van der Waals surface area contributed by atoms with E-state index in [4.69, 9.17) is 18.9 Å². The van der Waals surface area contributed by atoms with Crippen molar-refractivity contribution in [1.29, 1.82) is 0 Å². The highest BCUT2D eigenvalue weighted by molar-refractivity contribution is 7.19. The molecule has 56 heavy (non-hydrogen) atoms. The molecule has 0 N–H and O–H groups in total. The number of ether oxygens (including phenoxy) is 4. The van der Waals surface area contributed by atoms with Crippen LogP contribution in [0.15, 0.2) is 83.9 Å². The van der Waals surface area contributed by atoms with Crippen molar-refractivity contribution in [2.45, 2.75) is 38.1 Å². The Morgan fingerprint density at radius 2 is 1.52 bits per heavy atom. The highest BCUT2D eigenvalue weighted by Gasteiger charge is 2.40. The average Bonchev–Trinajstić information content (AvgIpc) is 3.71. The van der Waals surface area contributed by atoms with Gasteiger partial charge in [-0.1, -0.05) is 30.3 Å². The summed E-state index contributed by atoms with van der Waals surface area (Å²) >= 11 is 0. The van der Waals surface area contributed by atoms with Crippen LogP contribution >= 0.6 is 9.39 Å². The van der Waals surface area contributed by atoms with Crippen molar-refractivity contribution in [1.82, 2.24) is 0 Å². The van der Waals surface area contributed by atoms with Gasteiger partial charge in [-0.25, -0.2) is 0 Å². The molecule has 4 aliphatic heterocycles. The third-order valence-corrected chi connectivity index (χ3v) is 11.0. The maximum Gasteiger partial charge on any atom is 0.270 e. The number of nitro groups is 1. The van der Waals surface area contributed by atoms with Gasteiger partial charge >= 0.3 is 0 Å². The van der Waals surface area contributed by atoms with Crippen LogP contribution in [-0.4, -0.2) is 55.8 Å². The molecule has 14 heteroatoms. The third kappa shape index (κ3) is 5.99. The van der Waals surface area contributed by atoms with E-state index in [-0.39, 0.29) is 42.8 Å². The number of hydrogen-bond donors (Lipinski definition) is 0. The van der Waals surface area contributed by atoms with E-state index in [1.807, 2.05) is 39.9 Å². The smallest absolute Gasteiger partial charge is 0.270 e. The lowest BCUT2D eigenvalue weighted by atomic mass is 10.1. The van der Waals surface area contributed by atoms with Gasteiger partial charge in [0.25, 0.3) is 17.5 Å². The number of non-ortho nitro benzene ring substituents is 1. The Hall–Kier alpha value is -6.64. The quantitative estimate of drug-likeness (QED) is 0.0898. The van der Waals surface area contributed by atoms with Gasteiger partial charge in [-0.3, -0.25) is 29.6 Å². The molecule has 0 bridgehead atoms. The first-order valence-electron chi connectivity index (χ1n) is 17.9. The summed E-state index contributed by atoms with van der Waals surface area (Å²) in [7, 11) is 5.68. The molecular formula is C42H34N5O8P. The molecule has 0 fully saturated rings. The normalized spacial score (nSPS) is 17.4. The molecule has 1 unspecified atom stereocenters. The molecule has 0 radical (unpaired) electrons. The Morgan fingerprint density at radius 3 is 2.25 bits per heavy atom. The summed E-state index contributed by atoms with van der Waals surface area (Å²) in [6.07, 6.45) is 3.11. The van der Waals surface area contributed by atoms with Crippen molar-refractivity contribution in [3.63, 3.8) is 0 Å². The van der Waals surface area contributed by atoms with Crippen LogP contribution in [-0.2, 0) is 26.1 Å². The Balaban J connectivity index is 0.956. The SMILES string of the molecule is COc1cc2c(cc1OCc1cc(COc3cc4c(cc3OC)C(=O)N3c5ccc#cc5C[C@H]3CN4P)cc([N+](=O)[O-])c1)N=C[C@@H]1Cc3ccccc3N1C2=O. The zero-order valence-corrected chi connectivity index (χ0v) is 31.5. The van der Waals surface area contributed by atoms with E-state index < -0.39 is 4.92 Å². The number of benzene rings is 4. The number of anilines is 3. The first-order chi connectivity index (χ1) is 27.2. The number of para-hydroxylation sites is 1. The summed E-state index contributed by atoms with van der Waals surface area (Å²) in [5.74, 6) is 1.02. The van der Waals surface area contributed by atoms with E-state index in [1.165, 1.54) is 26.4 Å². The zero-order chi connectivity index (χ0) is 38.7. The summed E-state index contributed by atoms with van der Waals surface area (Å²) in [4.78, 5) is 47.6. The number of carbonyl (C=O) groups excluding carboxylic acids is 2. The maximum absolute atomic E-state index is 14.0. The van der Waals surface area contributed by atoms with E-state index in [0.29, 0.717) is 76.0 Å². The van der Waals surface area contributed by atoms with Crippen LogP contribution in [0.2, 0.25) is 0 Å². The first kappa shape index (κ1) is 35.1. The summed E-state index contributed by atoms with van der Waals surface area (Å²) < 4.78 is 25.7. The molecular weight excluding hydrogens is 733 g/mol. The number of methoxy groups -OCH3 is 2. The van der Waals surface area contributed by atoms with Gasteiger partial charge in [-0.15, -0.1) is 0 Å². The van der Waals surface area contributed by atoms with Crippen LogP contribution in [0.5, 0.6) is 23.0 Å². The van der Waals surface area contributed by atoms with Crippen molar-refractivity contribution >= 4 is 55.9 Å². The second-order valence-electron chi connectivity index (χ2n) is 13.9. The van der Waals surface area contributed by atoms with E-state index in [2.05, 4.69) is 26.5 Å². The number of nitro benzene ring substituents is 1. The van der Waals surface area contributed by atoms with Crippen LogP contribution in [0.25, 0.3) is 0 Å². The lowest BCUT2D eigenvalue weighted by molar-refractivity contribution is -0.385. The van der Waals surface area contributed by atoms with Gasteiger partial charge in [0.05, 0.1) is 59.4 Å². The van der Waals surface area contributed by atoms with Gasteiger partial charge < -0.3 is 28.5 Å². The highest BCUT2D eigenvalue weighted by Crippen LogP contribution is 2.44. The van der Waals surface area contributed by atoms with Gasteiger partial charge in [0.1, 0.15) is 13.2 Å². The molecule has 0 spiro atoms. The Kier molecular flexibility index (Phi) is 8.70. The molecule has 2 amide bonds. The van der Waals surface area contributed by atoms with E-state index in [0.717, 1.165) is 22.5 Å². The Labute approximate surface area is 324 Å². The summed E-state index contributed by atoms with van der Waals surface area (Å²) in [6.45, 7) is 0.465. The summed E-state index contributed by atoms with van der Waals surface area (Å²) in [6, 6.07) is 28.6. The topological polar surface area (TPSA) is 136 Å². The molecule has 0 saturated carbocycles. The lowest BCUT2D eigenvalue weighted by Gasteiger charge is -2.24. The van der Waals surface area contributed by atoms with Gasteiger partial charge in [-0.2, -0.15) is 0 Å². The van der Waals surface area contributed by atoms with Crippen molar-refractivity contribution in [3.05, 3.63) is 134 Å². The fourth-order valence-electron chi connectivity index (χ4n) is 7.95. The van der Waals surface area contributed by atoms with Gasteiger partial charge in [0.2, 0.25) is 0 Å². The van der Waals surface area contributed by atoms with Crippen molar-refractivity contribution < 1.29 is 33.5 Å². The van der Waals surface area contributed by atoms with Crippen LogP contribution in [0, 0.1) is 22.2 Å². The number of nitrogens with zero attached hydrogens (tertiary/aromatic N) is 5. The Bertz CT molecular complexity index is 2490. The Morgan fingerprint density at radius 1 is 0.821 bits per heavy atom. The van der Waals surface area contributed by atoms with Gasteiger partial charge in [-0.05, 0) is 62.5 Å². The maximum atomic E-state index is 14.0. The van der Waals surface area contributed by atoms with Crippen LogP contribution in [0.3, 0.4) is 0 Å². The van der Waals surface area contributed by atoms with Gasteiger partial charge in [0.15, 0.2) is 23.0 Å². The van der Waals surface area contributed by atoms with E-state index in [1.54, 1.807) is 47.5 Å². The standard InChI is InChI=1S/C42H34N5O8P/c1-52-37-16-31-33(43-20-29-14-26-7-3-5-9-34(26)45(29)41(31)48)18-39(37)54-22-24-11-25(13-28(12-24)47(50)51)23-55-40-19-36-32(17-38(40)53-2)42(49)46-30(21-44(36)56)15-27-8-4-6-10-35(27)46/h3,5-7,9-13,16-20,29-30H,14-15,21-23,56H2,1-2H3/t29-,30-/m0/s1. The van der Waals surface area contributed by atoms with Crippen LogP contribution < -0.4 is 33.4 Å². The largest absolute Gasteiger partial charge is 0.493 e. The molecule has 0 aromatic heterocycles. The number of carbonyl (C=O) groups is 2. The average molecular weight is 768 g/mol. The fourth-order valence-corrected chi connectivity index (χ4v) is 8.41. The number of amides is 2. The molecule has 9 rings (SSSR count). The minimum absolute atomic E-state index is 0.0388. The molecule has 5 aromatic rings. The second kappa shape index (κ2) is 13.9. The third-order valence-electron chi connectivity index (χ3n) is 10.5. The van der Waals surface area contributed by atoms with E-state index in [9.17, 15) is 19.7 Å². The highest BCUT2D eigenvalue weighted by atomic mass is 31.0. The zero-order valence-electron chi connectivity index (χ0n) is 30.4. The van der Waals surface area contributed by atoms with E-state index >= 15 is 0 Å². The number of fused-ring (bicyclic) bond motifs is 8. The molecule has 4 aliphatic rings. The lowest BCUT2D eigenvalue weighted by Crippen LogP contribution is -2.40. The predicted octanol–water partition coefficient (Wildman–Crippen LogP) is 6.84. The summed E-state index contributed by atoms with van der Waals surface area (Å²) in [5, 5.41) is 12.0. The summed E-state index contributed by atoms with van der Waals surface area (Å²) in [5.41, 5.74) is 6.54. The molecule has 5 aromatic carbocycles. The number of rotatable bonds is 9. The van der Waals surface area contributed by atoms with Crippen molar-refractivity contribution in [3.8, 4) is 23.0 Å². The minimum Gasteiger partial charge on any atom is -0.493 e. The minimum atomic E-state index is -0.471. The van der Waals surface area contributed by atoms with Crippen molar-refractivity contribution in [2.75, 3.05) is 35.2 Å². The van der Waals surface area contributed by atoms with Crippen LogP contribution in [0.1, 0.15) is 43.0 Å². The van der Waals surface area contributed by atoms with Crippen LogP contribution in [0.4, 0.5) is 28.4 Å². The molecule has 0 aliphatic carbocycles. The molecule has 4 heterocycles. The molecule has 0 saturated heterocycles. The fraction of sp³-hybridized carbons (Fsp3) is 0.214. The second-order valence-corrected chi connectivity index (χ2v) is 14.5.